The van der Waals surface area contributed by atoms with Gasteiger partial charge in [0.05, 0.1) is 6.61 Å². The topological polar surface area (TPSA) is 118 Å². The quantitative estimate of drug-likeness (QED) is 0.178. The van der Waals surface area contributed by atoms with Crippen molar-refractivity contribution < 1.29 is 30.3 Å². The second-order valence-electron chi connectivity index (χ2n) is 10.4. The van der Waals surface area contributed by atoms with Gasteiger partial charge in [-0.05, 0) is 22.3 Å². The number of carbonyl (C=O) groups excluding carboxylic acids is 1. The van der Waals surface area contributed by atoms with Crippen LogP contribution in [0.5, 0.6) is 0 Å². The molecule has 0 aliphatic heterocycles. The molecule has 5 N–H and O–H groups in total. The maximum atomic E-state index is 14.2. The average molecular weight is 541 g/mol. The molecule has 0 aliphatic carbocycles. The highest BCUT2D eigenvalue weighted by Gasteiger charge is 2.66. The number of carbonyl (C=O) groups is 1. The van der Waals surface area contributed by atoms with E-state index >= 15 is 0 Å². The lowest BCUT2D eigenvalue weighted by Gasteiger charge is -2.53. The van der Waals surface area contributed by atoms with Gasteiger partial charge in [-0.3, -0.25) is 4.79 Å². The first-order chi connectivity index (χ1) is 19.2. The van der Waals surface area contributed by atoms with Gasteiger partial charge in [0.15, 0.2) is 11.4 Å². The van der Waals surface area contributed by atoms with Gasteiger partial charge in [-0.2, -0.15) is 0 Å². The van der Waals surface area contributed by atoms with Crippen LogP contribution in [0.1, 0.15) is 22.3 Å². The number of Topliss-reactive ketones (excluding diaryl/α,β-unsaturated/α-hetero) is 1. The Morgan fingerprint density at radius 1 is 0.575 bits per heavy atom. The Balaban J connectivity index is 1.94. The molecule has 0 radical (unpaired) electrons. The molecule has 0 fully saturated rings. The van der Waals surface area contributed by atoms with Gasteiger partial charge in [-0.15, -0.1) is 0 Å². The predicted octanol–water partition coefficient (Wildman–Crippen LogP) is 3.07. The van der Waals surface area contributed by atoms with E-state index in [0.29, 0.717) is 22.3 Å². The van der Waals surface area contributed by atoms with Crippen LogP contribution in [-0.4, -0.2) is 60.8 Å². The van der Waals surface area contributed by atoms with E-state index < -0.39 is 35.3 Å². The van der Waals surface area contributed by atoms with Gasteiger partial charge in [0.1, 0.15) is 17.3 Å². The third-order valence-electron chi connectivity index (χ3n) is 7.72. The summed E-state index contributed by atoms with van der Waals surface area (Å²) in [5.74, 6) is -0.724. The van der Waals surface area contributed by atoms with Crippen LogP contribution in [0.2, 0.25) is 0 Å². The van der Waals surface area contributed by atoms with Gasteiger partial charge in [0.2, 0.25) is 0 Å². The third-order valence-corrected chi connectivity index (χ3v) is 7.72. The highest BCUT2D eigenvalue weighted by atomic mass is 16.4. The largest absolute Gasteiger partial charge is 0.394 e. The second-order valence-corrected chi connectivity index (χ2v) is 10.4. The van der Waals surface area contributed by atoms with Crippen LogP contribution in [0.4, 0.5) is 0 Å². The molecule has 4 atom stereocenters. The molecule has 6 nitrogen and oxygen atoms in total. The molecule has 0 amide bonds. The van der Waals surface area contributed by atoms with Crippen molar-refractivity contribution in [3.05, 3.63) is 144 Å². The number of benzene rings is 4. The van der Waals surface area contributed by atoms with Gasteiger partial charge >= 0.3 is 0 Å². The summed E-state index contributed by atoms with van der Waals surface area (Å²) in [7, 11) is 0. The molecular weight excluding hydrogens is 504 g/mol. The maximum absolute atomic E-state index is 14.2. The molecule has 208 valence electrons. The molecule has 0 saturated heterocycles. The van der Waals surface area contributed by atoms with Gasteiger partial charge < -0.3 is 25.5 Å². The van der Waals surface area contributed by atoms with E-state index in [2.05, 4.69) is 0 Å². The number of aliphatic hydroxyl groups is 5. The van der Waals surface area contributed by atoms with Crippen molar-refractivity contribution in [2.24, 2.45) is 0 Å². The lowest BCUT2D eigenvalue weighted by atomic mass is 9.60. The van der Waals surface area contributed by atoms with Crippen molar-refractivity contribution in [3.63, 3.8) is 0 Å². The summed E-state index contributed by atoms with van der Waals surface area (Å²) >= 11 is 0. The number of rotatable bonds is 13. The molecule has 0 bridgehead atoms. The van der Waals surface area contributed by atoms with Crippen LogP contribution in [0.25, 0.3) is 0 Å². The fraction of sp³-hybridized carbons (Fsp3) is 0.265. The van der Waals surface area contributed by atoms with E-state index in [1.165, 1.54) is 0 Å². The van der Waals surface area contributed by atoms with Crippen LogP contribution in [-0.2, 0) is 30.5 Å². The highest BCUT2D eigenvalue weighted by Crippen LogP contribution is 2.43. The molecule has 4 rings (SSSR count). The lowest BCUT2D eigenvalue weighted by Crippen LogP contribution is -2.77. The fourth-order valence-corrected chi connectivity index (χ4v) is 5.44. The average Bonchev–Trinajstić information content (AvgIpc) is 2.98. The molecule has 0 unspecified atom stereocenters. The SMILES string of the molecule is O=C(Cc1ccccc1)[C@](O)(Cc1ccccc1)[C@](O)(Cc1ccccc1)[C@](O)(Cc1ccccc1)[C@@H](O)CO. The minimum Gasteiger partial charge on any atom is -0.394 e. The molecule has 0 aliphatic rings. The summed E-state index contributed by atoms with van der Waals surface area (Å²) in [5.41, 5.74) is -5.54. The van der Waals surface area contributed by atoms with Crippen molar-refractivity contribution >= 4 is 5.78 Å². The molecule has 0 heterocycles. The van der Waals surface area contributed by atoms with Crippen molar-refractivity contribution in [2.45, 2.75) is 48.6 Å². The minimum absolute atomic E-state index is 0.224. The van der Waals surface area contributed by atoms with Crippen LogP contribution in [0.15, 0.2) is 121 Å². The molecular formula is C34H36O6. The summed E-state index contributed by atoms with van der Waals surface area (Å²) in [6.45, 7) is -0.908. The normalized spacial score (nSPS) is 16.7. The standard InChI is InChI=1S/C34H36O6/c35-25-31(37)33(39,23-28-17-9-3-10-18-28)34(40,24-29-19-11-4-12-20-29)32(38,22-27-15-7-2-8-16-27)30(36)21-26-13-5-1-6-14-26/h1-20,31,35,37-40H,21-25H2/t31-,32+,33-,34+/m0/s1. The molecule has 6 heteroatoms. The first-order valence-electron chi connectivity index (χ1n) is 13.4. The second kappa shape index (κ2) is 12.7. The summed E-state index contributed by atoms with van der Waals surface area (Å²) in [6, 6.07) is 35.0. The zero-order valence-corrected chi connectivity index (χ0v) is 22.3. The maximum Gasteiger partial charge on any atom is 0.172 e. The molecule has 0 spiro atoms. The van der Waals surface area contributed by atoms with E-state index in [0.717, 1.165) is 0 Å². The van der Waals surface area contributed by atoms with Gasteiger partial charge in [0, 0.05) is 25.7 Å². The van der Waals surface area contributed by atoms with E-state index in [1.807, 2.05) is 6.07 Å². The fourth-order valence-electron chi connectivity index (χ4n) is 5.44. The number of hydrogen-bond donors (Lipinski definition) is 5. The van der Waals surface area contributed by atoms with Crippen molar-refractivity contribution in [1.82, 2.24) is 0 Å². The molecule has 40 heavy (non-hydrogen) atoms. The first-order valence-corrected chi connectivity index (χ1v) is 13.4. The summed E-state index contributed by atoms with van der Waals surface area (Å²) in [4.78, 5) is 14.2. The lowest BCUT2D eigenvalue weighted by molar-refractivity contribution is -0.269. The zero-order valence-electron chi connectivity index (χ0n) is 22.3. The molecule has 0 saturated carbocycles. The van der Waals surface area contributed by atoms with Crippen LogP contribution in [0.3, 0.4) is 0 Å². The zero-order chi connectivity index (χ0) is 28.6. The number of aliphatic hydroxyl groups excluding tert-OH is 2. The van der Waals surface area contributed by atoms with Crippen molar-refractivity contribution in [1.29, 1.82) is 0 Å². The monoisotopic (exact) mass is 540 g/mol. The number of hydrogen-bond acceptors (Lipinski definition) is 6. The molecule has 4 aromatic rings. The Kier molecular flexibility index (Phi) is 9.30. The third kappa shape index (κ3) is 6.07. The Hall–Kier alpha value is -3.65. The van der Waals surface area contributed by atoms with Crippen molar-refractivity contribution in [3.8, 4) is 0 Å². The molecule has 0 aromatic heterocycles. The number of ketones is 1. The molecule has 4 aromatic carbocycles. The smallest absolute Gasteiger partial charge is 0.172 e. The Morgan fingerprint density at radius 2 is 0.950 bits per heavy atom. The summed E-state index contributed by atoms with van der Waals surface area (Å²) in [6.07, 6.45) is -3.17. The Morgan fingerprint density at radius 3 is 1.38 bits per heavy atom. The van der Waals surface area contributed by atoms with Gasteiger partial charge in [0.25, 0.3) is 0 Å². The van der Waals surface area contributed by atoms with Gasteiger partial charge in [-0.1, -0.05) is 121 Å². The highest BCUT2D eigenvalue weighted by molar-refractivity contribution is 5.91. The minimum atomic E-state index is -2.65. The first kappa shape index (κ1) is 29.3. The van der Waals surface area contributed by atoms with E-state index in [9.17, 15) is 30.3 Å². The summed E-state index contributed by atoms with van der Waals surface area (Å²) in [5, 5.41) is 59.0. The van der Waals surface area contributed by atoms with Crippen LogP contribution >= 0.6 is 0 Å². The van der Waals surface area contributed by atoms with Gasteiger partial charge in [-0.25, -0.2) is 0 Å². The van der Waals surface area contributed by atoms with E-state index in [-0.39, 0.29) is 25.7 Å². The predicted molar refractivity (Wildman–Crippen MR) is 154 cm³/mol. The van der Waals surface area contributed by atoms with E-state index in [1.54, 1.807) is 115 Å². The van der Waals surface area contributed by atoms with Crippen molar-refractivity contribution in [2.75, 3.05) is 6.61 Å². The Bertz CT molecular complexity index is 1350. The van der Waals surface area contributed by atoms with Crippen LogP contribution in [0, 0.1) is 0 Å². The summed E-state index contributed by atoms with van der Waals surface area (Å²) < 4.78 is 0. The Labute approximate surface area is 234 Å². The van der Waals surface area contributed by atoms with E-state index in [4.69, 9.17) is 0 Å². The van der Waals surface area contributed by atoms with Crippen LogP contribution < -0.4 is 0 Å².